The smallest absolute Gasteiger partial charge is 0.00919 e. The SMILES string of the molecule is C=C(C)C1=CC=CC1.C=C(CCc1ccccc1CC)c1ccc(C)c(CC)c1.CC.CC.CC1=C(C)CCC=C1.CCCC.CCCC. The van der Waals surface area contributed by atoms with Crippen molar-refractivity contribution in [1.82, 2.24) is 0 Å². The topological polar surface area (TPSA) is 0 Å². The monoisotopic (exact) mass is 669 g/mol. The van der Waals surface area contributed by atoms with Crippen LogP contribution in [0.5, 0.6) is 0 Å². The van der Waals surface area contributed by atoms with Crippen LogP contribution in [-0.2, 0) is 19.3 Å². The van der Waals surface area contributed by atoms with E-state index in [4.69, 9.17) is 0 Å². The fraction of sp³-hybridized carbons (Fsp3) is 0.510. The summed E-state index contributed by atoms with van der Waals surface area (Å²) in [6.07, 6.45) is 23.9. The Bertz CT molecular complexity index is 1230. The Labute approximate surface area is 308 Å². The van der Waals surface area contributed by atoms with E-state index in [0.717, 1.165) is 32.1 Å². The van der Waals surface area contributed by atoms with E-state index in [9.17, 15) is 0 Å². The quantitative estimate of drug-likeness (QED) is 0.249. The zero-order chi connectivity index (χ0) is 38.0. The molecular formula is C49H80. The molecule has 0 amide bonds. The number of rotatable bonds is 9. The Morgan fingerprint density at radius 2 is 1.24 bits per heavy atom. The van der Waals surface area contributed by atoms with Gasteiger partial charge in [-0.3, -0.25) is 0 Å². The highest BCUT2D eigenvalue weighted by Gasteiger charge is 2.05. The van der Waals surface area contributed by atoms with Crippen molar-refractivity contribution in [3.05, 3.63) is 136 Å². The largest absolute Gasteiger partial charge is 0.0958 e. The molecule has 2 aliphatic rings. The van der Waals surface area contributed by atoms with Gasteiger partial charge < -0.3 is 0 Å². The molecule has 0 heterocycles. The summed E-state index contributed by atoms with van der Waals surface area (Å²) in [6, 6.07) is 15.5. The molecule has 0 radical (unpaired) electrons. The summed E-state index contributed by atoms with van der Waals surface area (Å²) in [4.78, 5) is 0. The van der Waals surface area contributed by atoms with Crippen molar-refractivity contribution in [2.45, 2.75) is 168 Å². The second-order valence-electron chi connectivity index (χ2n) is 12.2. The lowest BCUT2D eigenvalue weighted by Gasteiger charge is -2.11. The van der Waals surface area contributed by atoms with E-state index in [1.807, 2.05) is 34.6 Å². The first-order chi connectivity index (χ1) is 23.6. The van der Waals surface area contributed by atoms with Crippen LogP contribution in [0.3, 0.4) is 0 Å². The minimum absolute atomic E-state index is 1.03. The molecule has 0 unspecified atom stereocenters. The summed E-state index contributed by atoms with van der Waals surface area (Å²) in [5.41, 5.74) is 13.8. The molecule has 0 atom stereocenters. The number of unbranched alkanes of at least 4 members (excludes halogenated alkanes) is 2. The van der Waals surface area contributed by atoms with E-state index < -0.39 is 0 Å². The summed E-state index contributed by atoms with van der Waals surface area (Å²) >= 11 is 0. The first-order valence-corrected chi connectivity index (χ1v) is 19.8. The van der Waals surface area contributed by atoms with E-state index in [0.29, 0.717) is 0 Å². The fourth-order valence-corrected chi connectivity index (χ4v) is 4.51. The molecule has 0 aromatic heterocycles. The van der Waals surface area contributed by atoms with E-state index in [1.54, 1.807) is 5.57 Å². The minimum atomic E-state index is 1.03. The second kappa shape index (κ2) is 34.7. The van der Waals surface area contributed by atoms with Crippen molar-refractivity contribution in [1.29, 1.82) is 0 Å². The molecule has 4 rings (SSSR count). The van der Waals surface area contributed by atoms with Crippen molar-refractivity contribution in [3.8, 4) is 0 Å². The molecule has 0 bridgehead atoms. The Morgan fingerprint density at radius 1 is 0.694 bits per heavy atom. The molecule has 0 nitrogen and oxygen atoms in total. The molecule has 0 N–H and O–H groups in total. The average molecular weight is 669 g/mol. The number of hydrogen-bond acceptors (Lipinski definition) is 0. The summed E-state index contributed by atoms with van der Waals surface area (Å²) < 4.78 is 0. The maximum absolute atomic E-state index is 4.30. The van der Waals surface area contributed by atoms with Crippen LogP contribution in [0.2, 0.25) is 0 Å². The highest BCUT2D eigenvalue weighted by molar-refractivity contribution is 5.64. The first kappa shape index (κ1) is 50.3. The van der Waals surface area contributed by atoms with Crippen molar-refractivity contribution < 1.29 is 0 Å². The van der Waals surface area contributed by atoms with Gasteiger partial charge in [-0.05, 0) is 112 Å². The maximum Gasteiger partial charge on any atom is -0.00919 e. The van der Waals surface area contributed by atoms with Crippen LogP contribution < -0.4 is 0 Å². The molecule has 0 heteroatoms. The number of allylic oxidation sites excluding steroid dienone is 10. The van der Waals surface area contributed by atoms with Gasteiger partial charge in [0.1, 0.15) is 0 Å². The van der Waals surface area contributed by atoms with Crippen molar-refractivity contribution in [2.75, 3.05) is 0 Å². The molecular weight excluding hydrogens is 589 g/mol. The Hall–Kier alpha value is -3.12. The molecule has 0 aliphatic heterocycles. The summed E-state index contributed by atoms with van der Waals surface area (Å²) in [5, 5.41) is 0. The van der Waals surface area contributed by atoms with E-state index in [1.165, 1.54) is 88.6 Å². The standard InChI is InChI=1S/C21H26.C8H12.C8H10.2C4H10.2C2H6/c1-5-18-9-7-8-10-20(18)13-11-17(4)21-14-12-16(3)19(6-2)15-21;1-7-5-3-4-6-8(7)2;1-7(2)8-5-3-4-6-8;2*1-3-4-2;2*1-2/h7-10,12,14-15H,4-6,11,13H2,1-3H3;3,5H,4,6H2,1-2H3;3-5H,1,6H2,2H3;2*3-4H2,1-2H3;2*1-2H3. The zero-order valence-electron chi connectivity index (χ0n) is 35.1. The van der Waals surface area contributed by atoms with Gasteiger partial charge in [-0.2, -0.15) is 0 Å². The van der Waals surface area contributed by atoms with Crippen molar-refractivity contribution >= 4 is 5.57 Å². The predicted molar refractivity (Wildman–Crippen MR) is 231 cm³/mol. The molecule has 0 fully saturated rings. The van der Waals surface area contributed by atoms with Gasteiger partial charge in [0.2, 0.25) is 0 Å². The van der Waals surface area contributed by atoms with Gasteiger partial charge in [0.25, 0.3) is 0 Å². The van der Waals surface area contributed by atoms with Crippen molar-refractivity contribution in [3.63, 3.8) is 0 Å². The van der Waals surface area contributed by atoms with Crippen LogP contribution in [0, 0.1) is 6.92 Å². The predicted octanol–water partition coefficient (Wildman–Crippen LogP) is 16.6. The third kappa shape index (κ3) is 24.6. The van der Waals surface area contributed by atoms with E-state index in [2.05, 4.69) is 148 Å². The van der Waals surface area contributed by atoms with Gasteiger partial charge in [-0.25, -0.2) is 0 Å². The average Bonchev–Trinajstić information content (AvgIpc) is 3.71. The highest BCUT2D eigenvalue weighted by atomic mass is 14.1. The third-order valence-electron chi connectivity index (χ3n) is 8.38. The fourth-order valence-electron chi connectivity index (χ4n) is 4.51. The second-order valence-corrected chi connectivity index (χ2v) is 12.2. The van der Waals surface area contributed by atoms with E-state index in [-0.39, 0.29) is 0 Å². The molecule has 0 saturated carbocycles. The number of aryl methyl sites for hydroxylation is 4. The van der Waals surface area contributed by atoms with Gasteiger partial charge in [0.05, 0.1) is 0 Å². The highest BCUT2D eigenvalue weighted by Crippen LogP contribution is 2.23. The van der Waals surface area contributed by atoms with Gasteiger partial charge >= 0.3 is 0 Å². The van der Waals surface area contributed by atoms with Crippen LogP contribution in [0.15, 0.2) is 108 Å². The molecule has 276 valence electrons. The molecule has 2 aromatic carbocycles. The third-order valence-corrected chi connectivity index (χ3v) is 8.38. The molecule has 0 spiro atoms. The lowest BCUT2D eigenvalue weighted by atomic mass is 9.94. The van der Waals surface area contributed by atoms with Crippen LogP contribution in [0.1, 0.15) is 169 Å². The van der Waals surface area contributed by atoms with Crippen LogP contribution in [0.4, 0.5) is 0 Å². The molecule has 2 aromatic rings. The minimum Gasteiger partial charge on any atom is -0.0958 e. The van der Waals surface area contributed by atoms with Gasteiger partial charge in [-0.1, -0.05) is 198 Å². The zero-order valence-corrected chi connectivity index (χ0v) is 35.1. The Morgan fingerprint density at radius 3 is 1.63 bits per heavy atom. The number of benzene rings is 2. The van der Waals surface area contributed by atoms with E-state index >= 15 is 0 Å². The normalized spacial score (nSPS) is 11.9. The van der Waals surface area contributed by atoms with Crippen molar-refractivity contribution in [2.24, 2.45) is 0 Å². The van der Waals surface area contributed by atoms with Gasteiger partial charge in [-0.15, -0.1) is 0 Å². The first-order valence-electron chi connectivity index (χ1n) is 19.8. The lowest BCUT2D eigenvalue weighted by molar-refractivity contribution is 0.886. The van der Waals surface area contributed by atoms with Crippen LogP contribution in [-0.4, -0.2) is 0 Å². The maximum atomic E-state index is 4.30. The molecule has 0 saturated heterocycles. The lowest BCUT2D eigenvalue weighted by Crippen LogP contribution is -1.95. The molecule has 49 heavy (non-hydrogen) atoms. The van der Waals surface area contributed by atoms with Crippen LogP contribution >= 0.6 is 0 Å². The number of hydrogen-bond donors (Lipinski definition) is 0. The van der Waals surface area contributed by atoms with Gasteiger partial charge in [0, 0.05) is 0 Å². The Balaban J connectivity index is -0.000000622. The molecule has 2 aliphatic carbocycles. The van der Waals surface area contributed by atoms with Crippen LogP contribution in [0.25, 0.3) is 5.57 Å². The van der Waals surface area contributed by atoms with Gasteiger partial charge in [0.15, 0.2) is 0 Å². The summed E-state index contributed by atoms with van der Waals surface area (Å²) in [6.45, 7) is 37.9. The Kier molecular flexibility index (Phi) is 35.6. The summed E-state index contributed by atoms with van der Waals surface area (Å²) in [5.74, 6) is 0. The summed E-state index contributed by atoms with van der Waals surface area (Å²) in [7, 11) is 0.